The van der Waals surface area contributed by atoms with Gasteiger partial charge in [0.1, 0.15) is 17.1 Å². The summed E-state index contributed by atoms with van der Waals surface area (Å²) in [6.07, 6.45) is 0.812. The number of ketones is 1. The van der Waals surface area contributed by atoms with Crippen LogP contribution in [0.2, 0.25) is 0 Å². The van der Waals surface area contributed by atoms with Crippen LogP contribution in [0.15, 0.2) is 47.1 Å². The largest absolute Gasteiger partial charge is 0.494 e. The van der Waals surface area contributed by atoms with Crippen LogP contribution in [0.1, 0.15) is 45.1 Å². The third-order valence-electron chi connectivity index (χ3n) is 4.70. The summed E-state index contributed by atoms with van der Waals surface area (Å²) in [6, 6.07) is 7.14. The molecule has 0 fully saturated rings. The van der Waals surface area contributed by atoms with Crippen molar-refractivity contribution in [3.63, 3.8) is 0 Å². The Kier molecular flexibility index (Phi) is 4.52. The molecular formula is C20H23NO5. The summed E-state index contributed by atoms with van der Waals surface area (Å²) >= 11 is 0. The molecule has 1 aliphatic heterocycles. The highest BCUT2D eigenvalue weighted by Crippen LogP contribution is 2.49. The minimum absolute atomic E-state index is 0.112. The molecule has 6 heteroatoms. The lowest BCUT2D eigenvalue weighted by Crippen LogP contribution is -2.35. The number of primary amides is 1. The summed E-state index contributed by atoms with van der Waals surface area (Å²) in [6.45, 7) is 6.20. The van der Waals surface area contributed by atoms with Crippen molar-refractivity contribution >= 4 is 11.7 Å². The molecule has 0 spiro atoms. The number of Topliss-reactive ketones (excluding diaryl/α,β-unsaturated/α-hetero) is 1. The lowest BCUT2D eigenvalue weighted by Gasteiger charge is -2.37. The molecule has 1 amide bonds. The average molecular weight is 357 g/mol. The van der Waals surface area contributed by atoms with Gasteiger partial charge in [0, 0.05) is 24.0 Å². The fraction of sp³-hybridized carbons (Fsp3) is 0.400. The minimum atomic E-state index is -0.831. The summed E-state index contributed by atoms with van der Waals surface area (Å²) in [5.41, 5.74) is 6.10. The Hall–Kier alpha value is -2.76. The van der Waals surface area contributed by atoms with Crippen molar-refractivity contribution in [1.82, 2.24) is 0 Å². The van der Waals surface area contributed by atoms with Gasteiger partial charge in [0.15, 0.2) is 5.78 Å². The van der Waals surface area contributed by atoms with E-state index in [0.29, 0.717) is 42.1 Å². The third kappa shape index (κ3) is 3.07. The number of amides is 1. The third-order valence-corrected chi connectivity index (χ3v) is 4.70. The maximum atomic E-state index is 12.9. The van der Waals surface area contributed by atoms with Crippen LogP contribution in [0.4, 0.5) is 0 Å². The molecule has 3 N–H and O–H groups in total. The van der Waals surface area contributed by atoms with E-state index < -0.39 is 17.8 Å². The Morgan fingerprint density at radius 3 is 2.69 bits per heavy atom. The number of nitrogens with two attached hydrogens (primary N) is 1. The molecule has 6 nitrogen and oxygen atoms in total. The summed E-state index contributed by atoms with van der Waals surface area (Å²) < 4.78 is 11.2. The maximum Gasteiger partial charge on any atom is 0.291 e. The molecule has 0 saturated carbocycles. The van der Waals surface area contributed by atoms with Crippen molar-refractivity contribution in [3.8, 4) is 5.75 Å². The summed E-state index contributed by atoms with van der Waals surface area (Å²) in [5, 5.41) is 10.4. The monoisotopic (exact) mass is 357 g/mol. The van der Waals surface area contributed by atoms with Gasteiger partial charge in [-0.15, -0.1) is 0 Å². The lowest BCUT2D eigenvalue weighted by atomic mass is 9.70. The zero-order valence-electron chi connectivity index (χ0n) is 15.2. The van der Waals surface area contributed by atoms with Crippen molar-refractivity contribution < 1.29 is 24.2 Å². The molecule has 1 unspecified atom stereocenters. The number of hydrogen-bond acceptors (Lipinski definition) is 5. The molecule has 138 valence electrons. The molecule has 2 aliphatic rings. The second-order valence-electron chi connectivity index (χ2n) is 7.37. The van der Waals surface area contributed by atoms with Gasteiger partial charge < -0.3 is 20.3 Å². The maximum absolute atomic E-state index is 12.9. The number of ether oxygens (including phenoxy) is 2. The fourth-order valence-electron chi connectivity index (χ4n) is 3.69. The molecule has 1 aromatic rings. The van der Waals surface area contributed by atoms with Gasteiger partial charge >= 0.3 is 0 Å². The highest BCUT2D eigenvalue weighted by atomic mass is 16.6. The van der Waals surface area contributed by atoms with E-state index in [0.717, 1.165) is 0 Å². The van der Waals surface area contributed by atoms with Crippen molar-refractivity contribution in [1.29, 1.82) is 0 Å². The van der Waals surface area contributed by atoms with Gasteiger partial charge in [-0.1, -0.05) is 32.0 Å². The molecule has 0 aromatic heterocycles. The van der Waals surface area contributed by atoms with E-state index in [4.69, 9.17) is 15.2 Å². The van der Waals surface area contributed by atoms with E-state index in [1.54, 1.807) is 18.2 Å². The number of rotatable bonds is 4. The van der Waals surface area contributed by atoms with Crippen LogP contribution in [-0.4, -0.2) is 23.4 Å². The average Bonchev–Trinajstić information content (AvgIpc) is 2.52. The molecule has 0 saturated heterocycles. The molecule has 1 heterocycles. The van der Waals surface area contributed by atoms with Gasteiger partial charge in [-0.05, 0) is 18.4 Å². The Bertz CT molecular complexity index is 834. The van der Waals surface area contributed by atoms with Crippen LogP contribution in [0.5, 0.6) is 5.75 Å². The fourth-order valence-corrected chi connectivity index (χ4v) is 3.69. The number of aliphatic hydroxyl groups is 1. The number of allylic oxidation sites excluding steroid dienone is 2. The van der Waals surface area contributed by atoms with E-state index in [1.165, 1.54) is 0 Å². The van der Waals surface area contributed by atoms with E-state index in [9.17, 15) is 14.7 Å². The summed E-state index contributed by atoms with van der Waals surface area (Å²) in [5.74, 6) is -1.36. The van der Waals surface area contributed by atoms with Gasteiger partial charge in [0.25, 0.3) is 11.9 Å². The first kappa shape index (κ1) is 18.0. The lowest BCUT2D eigenvalue weighted by molar-refractivity contribution is -0.119. The van der Waals surface area contributed by atoms with Gasteiger partial charge in [-0.25, -0.2) is 0 Å². The number of carbonyl (C=O) groups excluding carboxylic acids is 2. The molecule has 0 bridgehead atoms. The zero-order valence-corrected chi connectivity index (χ0v) is 15.2. The normalized spacial score (nSPS) is 22.0. The highest BCUT2D eigenvalue weighted by Gasteiger charge is 2.45. The smallest absolute Gasteiger partial charge is 0.291 e. The Labute approximate surface area is 152 Å². The standard InChI is InChI=1S/C20H23NO5/c1-4-25-13-8-6-5-7-11(13)15-16-12(22)9-20(2,3)10-14(16)26-19(24)17(15)18(21)23/h5-8,15,24H,4,9-10H2,1-3H3,(H2,21,23). The SMILES string of the molecule is CCOc1ccccc1C1C(C(N)=O)=C(O)OC2=C1C(=O)CC(C)(C)C2. The number of hydrogen-bond donors (Lipinski definition) is 2. The first-order chi connectivity index (χ1) is 12.2. The van der Waals surface area contributed by atoms with Gasteiger partial charge in [0.05, 0.1) is 12.5 Å². The zero-order chi connectivity index (χ0) is 19.1. The predicted octanol–water partition coefficient (Wildman–Crippen LogP) is 3.10. The second-order valence-corrected chi connectivity index (χ2v) is 7.37. The van der Waals surface area contributed by atoms with E-state index in [2.05, 4.69) is 0 Å². The number of aliphatic hydroxyl groups excluding tert-OH is 1. The minimum Gasteiger partial charge on any atom is -0.494 e. The van der Waals surface area contributed by atoms with E-state index in [-0.39, 0.29) is 16.8 Å². The molecule has 1 aliphatic carbocycles. The molecule has 3 rings (SSSR count). The molecule has 1 atom stereocenters. The van der Waals surface area contributed by atoms with Crippen molar-refractivity contribution in [2.45, 2.75) is 39.5 Å². The topological polar surface area (TPSA) is 98.8 Å². The summed E-state index contributed by atoms with van der Waals surface area (Å²) in [4.78, 5) is 25.0. The Balaban J connectivity index is 2.23. The number of para-hydroxylation sites is 1. The highest BCUT2D eigenvalue weighted by molar-refractivity contribution is 6.04. The van der Waals surface area contributed by atoms with Gasteiger partial charge in [-0.2, -0.15) is 0 Å². The van der Waals surface area contributed by atoms with Crippen LogP contribution in [0.3, 0.4) is 0 Å². The van der Waals surface area contributed by atoms with Crippen molar-refractivity contribution in [2.24, 2.45) is 11.1 Å². The van der Waals surface area contributed by atoms with E-state index in [1.807, 2.05) is 26.8 Å². The van der Waals surface area contributed by atoms with Gasteiger partial charge in [-0.3, -0.25) is 9.59 Å². The molecule has 26 heavy (non-hydrogen) atoms. The predicted molar refractivity (Wildman–Crippen MR) is 95.3 cm³/mol. The molecular weight excluding hydrogens is 334 g/mol. The first-order valence-corrected chi connectivity index (χ1v) is 8.64. The summed E-state index contributed by atoms with van der Waals surface area (Å²) in [7, 11) is 0. The Morgan fingerprint density at radius 1 is 1.35 bits per heavy atom. The van der Waals surface area contributed by atoms with Crippen molar-refractivity contribution in [3.05, 3.63) is 52.7 Å². The van der Waals surface area contributed by atoms with Gasteiger partial charge in [0.2, 0.25) is 0 Å². The van der Waals surface area contributed by atoms with Crippen molar-refractivity contribution in [2.75, 3.05) is 6.61 Å². The van der Waals surface area contributed by atoms with Crippen LogP contribution < -0.4 is 10.5 Å². The number of carbonyl (C=O) groups is 2. The van der Waals surface area contributed by atoms with Crippen LogP contribution in [-0.2, 0) is 14.3 Å². The first-order valence-electron chi connectivity index (χ1n) is 8.64. The molecule has 1 aromatic carbocycles. The van der Waals surface area contributed by atoms with Crippen LogP contribution in [0.25, 0.3) is 0 Å². The van der Waals surface area contributed by atoms with Crippen LogP contribution in [0, 0.1) is 5.41 Å². The van der Waals surface area contributed by atoms with E-state index >= 15 is 0 Å². The quantitative estimate of drug-likeness (QED) is 0.863. The second kappa shape index (κ2) is 6.52. The molecule has 0 radical (unpaired) electrons. The van der Waals surface area contributed by atoms with Crippen LogP contribution >= 0.6 is 0 Å². The Morgan fingerprint density at radius 2 is 2.04 bits per heavy atom. The number of benzene rings is 1.